The molecule has 0 aromatic carbocycles. The highest BCUT2D eigenvalue weighted by molar-refractivity contribution is 14.0. The van der Waals surface area contributed by atoms with Crippen LogP contribution in [-0.4, -0.2) is 32.0 Å². The molecule has 126 valence electrons. The first-order chi connectivity index (χ1) is 10.7. The van der Waals surface area contributed by atoms with Crippen LogP contribution < -0.4 is 16.0 Å². The summed E-state index contributed by atoms with van der Waals surface area (Å²) in [6.07, 6.45) is 1.48. The molecular formula is C15H21IN4O2S. The maximum absolute atomic E-state index is 11.7. The highest BCUT2D eigenvalue weighted by Gasteiger charge is 2.07. The van der Waals surface area contributed by atoms with Crippen LogP contribution in [0.4, 0.5) is 0 Å². The van der Waals surface area contributed by atoms with Gasteiger partial charge in [-0.2, -0.15) is 0 Å². The molecule has 0 bridgehead atoms. The van der Waals surface area contributed by atoms with Gasteiger partial charge in [0.2, 0.25) is 0 Å². The minimum absolute atomic E-state index is 0. The second-order valence-corrected chi connectivity index (χ2v) is 5.61. The van der Waals surface area contributed by atoms with Crippen molar-refractivity contribution in [3.8, 4) is 0 Å². The summed E-state index contributed by atoms with van der Waals surface area (Å²) in [5.41, 5.74) is 1.28. The fourth-order valence-electron chi connectivity index (χ4n) is 1.82. The van der Waals surface area contributed by atoms with E-state index in [0.717, 1.165) is 6.54 Å². The van der Waals surface area contributed by atoms with Crippen molar-refractivity contribution < 1.29 is 9.21 Å². The Hall–Kier alpha value is -1.55. The monoisotopic (exact) mass is 448 g/mol. The van der Waals surface area contributed by atoms with Crippen molar-refractivity contribution in [2.45, 2.75) is 13.5 Å². The summed E-state index contributed by atoms with van der Waals surface area (Å²) < 4.78 is 5.02. The van der Waals surface area contributed by atoms with E-state index < -0.39 is 0 Å². The summed E-state index contributed by atoms with van der Waals surface area (Å²) in [4.78, 5) is 17.1. The molecule has 0 fully saturated rings. The first kappa shape index (κ1) is 19.5. The van der Waals surface area contributed by atoms with Gasteiger partial charge in [0.05, 0.1) is 12.8 Å². The molecule has 2 aromatic rings. The number of nitrogens with zero attached hydrogens (tertiary/aromatic N) is 1. The van der Waals surface area contributed by atoms with Gasteiger partial charge >= 0.3 is 0 Å². The number of thiophene rings is 1. The molecular weight excluding hydrogens is 427 g/mol. The van der Waals surface area contributed by atoms with Crippen LogP contribution in [-0.2, 0) is 6.54 Å². The Bertz CT molecular complexity index is 625. The highest BCUT2D eigenvalue weighted by atomic mass is 127. The largest absolute Gasteiger partial charge is 0.459 e. The maximum Gasteiger partial charge on any atom is 0.287 e. The van der Waals surface area contributed by atoms with E-state index in [9.17, 15) is 4.79 Å². The minimum Gasteiger partial charge on any atom is -0.459 e. The quantitative estimate of drug-likeness (QED) is 0.275. The molecule has 23 heavy (non-hydrogen) atoms. The number of rotatable bonds is 6. The lowest BCUT2D eigenvalue weighted by molar-refractivity contribution is 0.0926. The van der Waals surface area contributed by atoms with E-state index in [1.165, 1.54) is 16.7 Å². The summed E-state index contributed by atoms with van der Waals surface area (Å²) in [6, 6.07) is 5.42. The van der Waals surface area contributed by atoms with E-state index in [4.69, 9.17) is 4.42 Å². The summed E-state index contributed by atoms with van der Waals surface area (Å²) in [6.45, 7) is 3.89. The van der Waals surface area contributed by atoms with Crippen molar-refractivity contribution in [3.63, 3.8) is 0 Å². The maximum atomic E-state index is 11.7. The molecule has 2 heterocycles. The third-order valence-corrected chi connectivity index (χ3v) is 4.08. The Labute approximate surface area is 156 Å². The normalized spacial score (nSPS) is 10.8. The molecule has 0 spiro atoms. The fourth-order valence-corrected chi connectivity index (χ4v) is 2.67. The molecule has 0 saturated carbocycles. The summed E-state index contributed by atoms with van der Waals surface area (Å²) >= 11 is 1.72. The number of nitrogens with one attached hydrogen (secondary N) is 3. The van der Waals surface area contributed by atoms with Crippen LogP contribution in [0.3, 0.4) is 0 Å². The molecule has 0 radical (unpaired) electrons. The van der Waals surface area contributed by atoms with Gasteiger partial charge in [-0.25, -0.2) is 0 Å². The van der Waals surface area contributed by atoms with E-state index in [-0.39, 0.29) is 29.9 Å². The molecule has 0 atom stereocenters. The number of halogens is 1. The minimum atomic E-state index is -0.219. The Morgan fingerprint density at radius 3 is 2.65 bits per heavy atom. The number of guanidine groups is 1. The van der Waals surface area contributed by atoms with Crippen molar-refractivity contribution in [1.29, 1.82) is 0 Å². The second kappa shape index (κ2) is 10.3. The predicted octanol–water partition coefficient (Wildman–Crippen LogP) is 2.36. The van der Waals surface area contributed by atoms with Gasteiger partial charge in [0.1, 0.15) is 0 Å². The van der Waals surface area contributed by atoms with Crippen molar-refractivity contribution in [1.82, 2.24) is 16.0 Å². The third-order valence-electron chi connectivity index (χ3n) is 3.06. The fraction of sp³-hybridized carbons (Fsp3) is 0.333. The van der Waals surface area contributed by atoms with Crippen molar-refractivity contribution in [2.75, 3.05) is 20.1 Å². The number of carbonyl (C=O) groups excluding carboxylic acids is 1. The van der Waals surface area contributed by atoms with Gasteiger partial charge in [0, 0.05) is 25.0 Å². The van der Waals surface area contributed by atoms with E-state index in [0.29, 0.717) is 24.8 Å². The number of aryl methyl sites for hydroxylation is 1. The predicted molar refractivity (Wildman–Crippen MR) is 104 cm³/mol. The number of furan rings is 1. The Balaban J connectivity index is 0.00000264. The molecule has 0 aliphatic heterocycles. The van der Waals surface area contributed by atoms with E-state index in [1.54, 1.807) is 30.5 Å². The first-order valence-electron chi connectivity index (χ1n) is 7.00. The Morgan fingerprint density at radius 1 is 1.26 bits per heavy atom. The zero-order valence-electron chi connectivity index (χ0n) is 13.1. The average molecular weight is 448 g/mol. The Morgan fingerprint density at radius 2 is 2.04 bits per heavy atom. The first-order valence-corrected chi connectivity index (χ1v) is 7.88. The smallest absolute Gasteiger partial charge is 0.287 e. The van der Waals surface area contributed by atoms with Crippen LogP contribution in [0.2, 0.25) is 0 Å². The van der Waals surface area contributed by atoms with Gasteiger partial charge in [-0.3, -0.25) is 9.79 Å². The van der Waals surface area contributed by atoms with Crippen LogP contribution in [0, 0.1) is 6.92 Å². The lowest BCUT2D eigenvalue weighted by Gasteiger charge is -2.11. The molecule has 0 aliphatic rings. The molecule has 2 aromatic heterocycles. The molecule has 0 saturated heterocycles. The SMILES string of the molecule is CN=C(NCCNC(=O)c1ccco1)NCc1sccc1C.I. The third kappa shape index (κ3) is 6.22. The summed E-state index contributed by atoms with van der Waals surface area (Å²) in [5.74, 6) is 0.805. The lowest BCUT2D eigenvalue weighted by atomic mass is 10.3. The molecule has 8 heteroatoms. The van der Waals surface area contributed by atoms with Crippen LogP contribution >= 0.6 is 35.3 Å². The standard InChI is InChI=1S/C15H20N4O2S.HI/c1-11-5-9-22-13(11)10-19-15(16-2)18-7-6-17-14(20)12-4-3-8-21-12;/h3-5,8-9H,6-7,10H2,1-2H3,(H,17,20)(H2,16,18,19);1H. The van der Waals surface area contributed by atoms with E-state index in [2.05, 4.69) is 39.3 Å². The molecule has 2 rings (SSSR count). The molecule has 0 unspecified atom stereocenters. The van der Waals surface area contributed by atoms with Crippen LogP contribution in [0.25, 0.3) is 0 Å². The average Bonchev–Trinajstić information content (AvgIpc) is 3.18. The number of hydrogen-bond donors (Lipinski definition) is 3. The zero-order valence-corrected chi connectivity index (χ0v) is 16.2. The molecule has 0 aliphatic carbocycles. The zero-order chi connectivity index (χ0) is 15.8. The van der Waals surface area contributed by atoms with Gasteiger partial charge in [-0.1, -0.05) is 0 Å². The molecule has 3 N–H and O–H groups in total. The van der Waals surface area contributed by atoms with Crippen LogP contribution in [0.15, 0.2) is 39.3 Å². The summed E-state index contributed by atoms with van der Waals surface area (Å²) in [7, 11) is 1.72. The number of aliphatic imine (C=N–C) groups is 1. The molecule has 6 nitrogen and oxygen atoms in total. The Kier molecular flexibility index (Phi) is 8.70. The van der Waals surface area contributed by atoms with Crippen molar-refractivity contribution in [3.05, 3.63) is 46.0 Å². The molecule has 1 amide bonds. The van der Waals surface area contributed by atoms with Gasteiger partial charge in [-0.15, -0.1) is 35.3 Å². The van der Waals surface area contributed by atoms with E-state index in [1.807, 2.05) is 0 Å². The number of hydrogen-bond acceptors (Lipinski definition) is 4. The van der Waals surface area contributed by atoms with Gasteiger partial charge in [-0.05, 0) is 36.1 Å². The van der Waals surface area contributed by atoms with Crippen LogP contribution in [0.5, 0.6) is 0 Å². The second-order valence-electron chi connectivity index (χ2n) is 4.61. The highest BCUT2D eigenvalue weighted by Crippen LogP contribution is 2.14. The van der Waals surface area contributed by atoms with Gasteiger partial charge < -0.3 is 20.4 Å². The van der Waals surface area contributed by atoms with Gasteiger partial charge in [0.25, 0.3) is 5.91 Å². The van der Waals surface area contributed by atoms with E-state index >= 15 is 0 Å². The van der Waals surface area contributed by atoms with Crippen molar-refractivity contribution in [2.24, 2.45) is 4.99 Å². The van der Waals surface area contributed by atoms with Gasteiger partial charge in [0.15, 0.2) is 11.7 Å². The lowest BCUT2D eigenvalue weighted by Crippen LogP contribution is -2.41. The number of amides is 1. The van der Waals surface area contributed by atoms with Crippen molar-refractivity contribution >= 4 is 47.2 Å². The topological polar surface area (TPSA) is 78.7 Å². The van der Waals surface area contributed by atoms with Crippen LogP contribution in [0.1, 0.15) is 21.0 Å². The summed E-state index contributed by atoms with van der Waals surface area (Å²) in [5, 5.41) is 11.2. The number of carbonyl (C=O) groups is 1.